The van der Waals surface area contributed by atoms with E-state index in [0.29, 0.717) is 22.5 Å². The van der Waals surface area contributed by atoms with Crippen LogP contribution in [0.25, 0.3) is 11.0 Å². The van der Waals surface area contributed by atoms with E-state index in [1.54, 1.807) is 18.2 Å². The third-order valence-corrected chi connectivity index (χ3v) is 3.79. The zero-order valence-electron chi connectivity index (χ0n) is 13.5. The lowest BCUT2D eigenvalue weighted by Crippen LogP contribution is -2.16. The molecule has 2 aromatic carbocycles. The highest BCUT2D eigenvalue weighted by molar-refractivity contribution is 6.09. The Kier molecular flexibility index (Phi) is 3.99. The topological polar surface area (TPSA) is 82.3 Å². The molecule has 0 aliphatic rings. The predicted octanol–water partition coefficient (Wildman–Crippen LogP) is 3.61. The monoisotopic (exact) mass is 344 g/mol. The van der Waals surface area contributed by atoms with Crippen molar-refractivity contribution >= 4 is 16.8 Å². The van der Waals surface area contributed by atoms with Crippen molar-refractivity contribution in [1.29, 1.82) is 0 Å². The number of ether oxygens (including phenoxy) is 1. The number of hydrogen-bond acceptors (Lipinski definition) is 6. The molecule has 0 amide bonds. The Hall–Kier alpha value is -3.80. The molecular weight excluding hydrogens is 332 g/mol. The summed E-state index contributed by atoms with van der Waals surface area (Å²) in [5.41, 5.74) is 0.0860. The van der Waals surface area contributed by atoms with Crippen LogP contribution in [0.2, 0.25) is 0 Å². The fourth-order valence-electron chi connectivity index (χ4n) is 2.53. The van der Waals surface area contributed by atoms with Crippen molar-refractivity contribution in [3.05, 3.63) is 94.9 Å². The summed E-state index contributed by atoms with van der Waals surface area (Å²) in [7, 11) is 0. The summed E-state index contributed by atoms with van der Waals surface area (Å²) in [4.78, 5) is 32.7. The second kappa shape index (κ2) is 6.60. The summed E-state index contributed by atoms with van der Waals surface area (Å²) in [6, 6.07) is 14.1. The Balaban J connectivity index is 1.72. The van der Waals surface area contributed by atoms with Crippen LogP contribution in [0, 0.1) is 0 Å². The molecule has 0 N–H and O–H groups in total. The molecule has 0 saturated heterocycles. The lowest BCUT2D eigenvalue weighted by Gasteiger charge is -2.06. The maximum atomic E-state index is 12.7. The Morgan fingerprint density at radius 1 is 0.962 bits per heavy atom. The number of para-hydroxylation sites is 1. The molecule has 0 radical (unpaired) electrons. The maximum absolute atomic E-state index is 12.7. The first kappa shape index (κ1) is 15.7. The fraction of sp³-hybridized carbons (Fsp3) is 0. The normalized spacial score (nSPS) is 10.6. The molecule has 0 bridgehead atoms. The van der Waals surface area contributed by atoms with Gasteiger partial charge in [0.1, 0.15) is 35.2 Å². The quantitative estimate of drug-likeness (QED) is 0.526. The number of hydrogen-bond donors (Lipinski definition) is 0. The predicted molar refractivity (Wildman–Crippen MR) is 94.5 cm³/mol. The van der Waals surface area contributed by atoms with E-state index >= 15 is 0 Å². The Labute approximate surface area is 147 Å². The summed E-state index contributed by atoms with van der Waals surface area (Å²) in [6.07, 6.45) is 5.19. The van der Waals surface area contributed by atoms with Crippen molar-refractivity contribution in [2.24, 2.45) is 0 Å². The molecule has 0 atom stereocenters. The maximum Gasteiger partial charge on any atom is 0.203 e. The van der Waals surface area contributed by atoms with E-state index in [2.05, 4.69) is 9.97 Å². The van der Waals surface area contributed by atoms with E-state index in [1.807, 2.05) is 30.3 Å². The highest BCUT2D eigenvalue weighted by atomic mass is 16.5. The van der Waals surface area contributed by atoms with Crippen LogP contribution in [0.5, 0.6) is 11.5 Å². The van der Waals surface area contributed by atoms with Crippen molar-refractivity contribution < 1.29 is 13.9 Å². The average molecular weight is 344 g/mol. The molecule has 0 unspecified atom stereocenters. The molecule has 126 valence electrons. The van der Waals surface area contributed by atoms with Gasteiger partial charge in [0.2, 0.25) is 11.2 Å². The van der Waals surface area contributed by atoms with Gasteiger partial charge in [-0.15, -0.1) is 0 Å². The van der Waals surface area contributed by atoms with E-state index in [-0.39, 0.29) is 11.1 Å². The lowest BCUT2D eigenvalue weighted by molar-refractivity contribution is 0.103. The highest BCUT2D eigenvalue weighted by Gasteiger charge is 2.17. The minimum absolute atomic E-state index is 0.0657. The van der Waals surface area contributed by atoms with Crippen molar-refractivity contribution in [2.75, 3.05) is 0 Å². The van der Waals surface area contributed by atoms with Crippen LogP contribution >= 0.6 is 0 Å². The van der Waals surface area contributed by atoms with Gasteiger partial charge in [0.05, 0.1) is 10.9 Å². The second-order valence-corrected chi connectivity index (χ2v) is 5.51. The molecule has 0 saturated carbocycles. The average Bonchev–Trinajstić information content (AvgIpc) is 2.69. The molecule has 4 aromatic rings. The van der Waals surface area contributed by atoms with E-state index < -0.39 is 11.2 Å². The molecule has 0 aliphatic carbocycles. The van der Waals surface area contributed by atoms with Crippen LogP contribution in [0.15, 0.2) is 82.7 Å². The lowest BCUT2D eigenvalue weighted by atomic mass is 10.1. The Bertz CT molecular complexity index is 1140. The number of fused-ring (bicyclic) bond motifs is 1. The number of ketones is 1. The SMILES string of the molecule is O=C(c1cncnc1)c1coc2cc(Oc3ccccc3)ccc2c1=O. The van der Waals surface area contributed by atoms with Crippen molar-refractivity contribution in [3.63, 3.8) is 0 Å². The van der Waals surface area contributed by atoms with Gasteiger partial charge in [0.15, 0.2) is 0 Å². The van der Waals surface area contributed by atoms with Crippen LogP contribution in [0.1, 0.15) is 15.9 Å². The van der Waals surface area contributed by atoms with Gasteiger partial charge in [0, 0.05) is 18.5 Å². The molecule has 0 aliphatic heterocycles. The molecular formula is C20H12N2O4. The molecule has 6 nitrogen and oxygen atoms in total. The third-order valence-electron chi connectivity index (χ3n) is 3.79. The second-order valence-electron chi connectivity index (χ2n) is 5.51. The number of aromatic nitrogens is 2. The smallest absolute Gasteiger partial charge is 0.203 e. The molecule has 26 heavy (non-hydrogen) atoms. The number of carbonyl (C=O) groups excluding carboxylic acids is 1. The van der Waals surface area contributed by atoms with Crippen LogP contribution < -0.4 is 10.2 Å². The molecule has 2 heterocycles. The highest BCUT2D eigenvalue weighted by Crippen LogP contribution is 2.24. The first-order valence-electron chi connectivity index (χ1n) is 7.80. The Morgan fingerprint density at radius 2 is 1.73 bits per heavy atom. The van der Waals surface area contributed by atoms with Gasteiger partial charge >= 0.3 is 0 Å². The van der Waals surface area contributed by atoms with Crippen LogP contribution in [-0.4, -0.2) is 15.8 Å². The van der Waals surface area contributed by atoms with Crippen LogP contribution in [-0.2, 0) is 0 Å². The largest absolute Gasteiger partial charge is 0.463 e. The summed E-state index contributed by atoms with van der Waals surface area (Å²) in [5, 5.41) is 0.299. The van der Waals surface area contributed by atoms with Gasteiger partial charge in [-0.1, -0.05) is 18.2 Å². The zero-order valence-corrected chi connectivity index (χ0v) is 13.5. The minimum atomic E-state index is -0.481. The fourth-order valence-corrected chi connectivity index (χ4v) is 2.53. The minimum Gasteiger partial charge on any atom is -0.463 e. The molecule has 0 fully saturated rings. The van der Waals surface area contributed by atoms with E-state index in [4.69, 9.17) is 9.15 Å². The van der Waals surface area contributed by atoms with Crippen molar-refractivity contribution in [3.8, 4) is 11.5 Å². The standard InChI is InChI=1S/C20H12N2O4/c23-19(13-9-21-12-22-10-13)17-11-25-18-8-15(6-7-16(18)20(17)24)26-14-4-2-1-3-5-14/h1-12H. The first-order valence-corrected chi connectivity index (χ1v) is 7.80. The molecule has 2 aromatic heterocycles. The Morgan fingerprint density at radius 3 is 2.50 bits per heavy atom. The van der Waals surface area contributed by atoms with Gasteiger partial charge in [-0.2, -0.15) is 0 Å². The number of rotatable bonds is 4. The van der Waals surface area contributed by atoms with E-state index in [9.17, 15) is 9.59 Å². The molecule has 4 rings (SSSR count). The van der Waals surface area contributed by atoms with Gasteiger partial charge < -0.3 is 9.15 Å². The van der Waals surface area contributed by atoms with E-state index in [0.717, 1.165) is 6.26 Å². The van der Waals surface area contributed by atoms with Gasteiger partial charge in [0.25, 0.3) is 0 Å². The van der Waals surface area contributed by atoms with Crippen molar-refractivity contribution in [1.82, 2.24) is 9.97 Å². The molecule has 0 spiro atoms. The molecule has 6 heteroatoms. The third kappa shape index (κ3) is 2.95. The van der Waals surface area contributed by atoms with Crippen LogP contribution in [0.4, 0.5) is 0 Å². The summed E-state index contributed by atoms with van der Waals surface area (Å²) in [5.74, 6) is 0.721. The van der Waals surface area contributed by atoms with Crippen LogP contribution in [0.3, 0.4) is 0 Å². The van der Waals surface area contributed by atoms with Gasteiger partial charge in [-0.05, 0) is 24.3 Å². The first-order chi connectivity index (χ1) is 12.7. The summed E-state index contributed by atoms with van der Waals surface area (Å²) >= 11 is 0. The van der Waals surface area contributed by atoms with Gasteiger partial charge in [-0.25, -0.2) is 9.97 Å². The number of carbonyl (C=O) groups is 1. The summed E-state index contributed by atoms with van der Waals surface area (Å²) in [6.45, 7) is 0. The number of benzene rings is 2. The number of nitrogens with zero attached hydrogens (tertiary/aromatic N) is 2. The zero-order chi connectivity index (χ0) is 17.9. The van der Waals surface area contributed by atoms with Gasteiger partial charge in [-0.3, -0.25) is 9.59 Å². The summed E-state index contributed by atoms with van der Waals surface area (Å²) < 4.78 is 11.2. The van der Waals surface area contributed by atoms with E-state index in [1.165, 1.54) is 18.7 Å². The van der Waals surface area contributed by atoms with Crippen molar-refractivity contribution in [2.45, 2.75) is 0 Å².